The van der Waals surface area contributed by atoms with Gasteiger partial charge in [-0.25, -0.2) is 4.79 Å². The Bertz CT molecular complexity index is 618. The summed E-state index contributed by atoms with van der Waals surface area (Å²) in [5, 5.41) is 13.2. The molecule has 1 aromatic carbocycles. The molecular formula is C14H13NO4S. The van der Waals surface area contributed by atoms with E-state index in [-0.39, 0.29) is 10.8 Å². The molecule has 104 valence electrons. The van der Waals surface area contributed by atoms with E-state index < -0.39 is 5.97 Å². The van der Waals surface area contributed by atoms with Crippen molar-refractivity contribution in [1.29, 1.82) is 0 Å². The number of carbonyl (C=O) groups excluding carboxylic acids is 1. The zero-order valence-corrected chi connectivity index (χ0v) is 11.6. The van der Waals surface area contributed by atoms with Crippen LogP contribution in [-0.2, 0) is 11.3 Å². The van der Waals surface area contributed by atoms with Crippen LogP contribution in [0.3, 0.4) is 0 Å². The number of carbonyl (C=O) groups is 2. The van der Waals surface area contributed by atoms with Crippen molar-refractivity contribution in [2.24, 2.45) is 0 Å². The maximum absolute atomic E-state index is 12.0. The summed E-state index contributed by atoms with van der Waals surface area (Å²) < 4.78 is 4.99. The number of carboxylic acid groups (broad SMARTS) is 1. The fourth-order valence-corrected chi connectivity index (χ4v) is 2.37. The zero-order valence-electron chi connectivity index (χ0n) is 10.8. The van der Waals surface area contributed by atoms with E-state index in [1.165, 1.54) is 0 Å². The topological polar surface area (TPSA) is 75.6 Å². The SMILES string of the molecule is COCc1ccc(C(=O)Nc2ccsc2C(=O)O)cc1. The maximum atomic E-state index is 12.0. The summed E-state index contributed by atoms with van der Waals surface area (Å²) in [7, 11) is 1.60. The van der Waals surface area contributed by atoms with Crippen molar-refractivity contribution in [2.75, 3.05) is 12.4 Å². The van der Waals surface area contributed by atoms with Crippen molar-refractivity contribution in [3.63, 3.8) is 0 Å². The maximum Gasteiger partial charge on any atom is 0.348 e. The van der Waals surface area contributed by atoms with Gasteiger partial charge < -0.3 is 15.2 Å². The van der Waals surface area contributed by atoms with Crippen LogP contribution in [0.1, 0.15) is 25.6 Å². The molecule has 0 unspecified atom stereocenters. The molecule has 2 aromatic rings. The monoisotopic (exact) mass is 291 g/mol. The third kappa shape index (κ3) is 3.23. The van der Waals surface area contributed by atoms with Crippen LogP contribution in [0.4, 0.5) is 5.69 Å². The molecule has 0 aliphatic heterocycles. The lowest BCUT2D eigenvalue weighted by Crippen LogP contribution is -2.13. The van der Waals surface area contributed by atoms with Crippen LogP contribution < -0.4 is 5.32 Å². The van der Waals surface area contributed by atoms with Crippen LogP contribution >= 0.6 is 11.3 Å². The summed E-state index contributed by atoms with van der Waals surface area (Å²) in [5.74, 6) is -1.39. The van der Waals surface area contributed by atoms with E-state index in [2.05, 4.69) is 5.32 Å². The Morgan fingerprint density at radius 1 is 1.25 bits per heavy atom. The van der Waals surface area contributed by atoms with E-state index in [9.17, 15) is 9.59 Å². The number of methoxy groups -OCH3 is 1. The van der Waals surface area contributed by atoms with Crippen LogP contribution in [-0.4, -0.2) is 24.1 Å². The van der Waals surface area contributed by atoms with Gasteiger partial charge in [0.1, 0.15) is 4.88 Å². The molecule has 0 aliphatic rings. The Labute approximate surface area is 119 Å². The first kappa shape index (κ1) is 14.2. The first-order valence-corrected chi connectivity index (χ1v) is 6.70. The Morgan fingerprint density at radius 3 is 2.55 bits per heavy atom. The van der Waals surface area contributed by atoms with Crippen LogP contribution in [0.5, 0.6) is 0 Å². The normalized spacial score (nSPS) is 10.2. The predicted octanol–water partition coefficient (Wildman–Crippen LogP) is 2.85. The second-order valence-corrected chi connectivity index (χ2v) is 4.97. The number of hydrogen-bond acceptors (Lipinski definition) is 4. The third-order valence-corrected chi connectivity index (χ3v) is 3.54. The number of carboxylic acids is 1. The van der Waals surface area contributed by atoms with E-state index in [1.54, 1.807) is 42.8 Å². The molecule has 0 aliphatic carbocycles. The molecule has 0 atom stereocenters. The first-order chi connectivity index (χ1) is 9.61. The van der Waals surface area contributed by atoms with Crippen LogP contribution in [0.15, 0.2) is 35.7 Å². The number of nitrogens with one attached hydrogen (secondary N) is 1. The molecule has 0 saturated carbocycles. The minimum absolute atomic E-state index is 0.120. The van der Waals surface area contributed by atoms with Gasteiger partial charge >= 0.3 is 5.97 Å². The Hall–Kier alpha value is -2.18. The third-order valence-electron chi connectivity index (χ3n) is 2.63. The molecule has 2 rings (SSSR count). The quantitative estimate of drug-likeness (QED) is 0.888. The summed E-state index contributed by atoms with van der Waals surface area (Å²) >= 11 is 1.07. The zero-order chi connectivity index (χ0) is 14.5. The summed E-state index contributed by atoms with van der Waals surface area (Å²) in [5.41, 5.74) is 1.74. The molecule has 0 radical (unpaired) electrons. The number of hydrogen-bond donors (Lipinski definition) is 2. The standard InChI is InChI=1S/C14H13NO4S/c1-19-8-9-2-4-10(5-3-9)13(16)15-11-6-7-20-12(11)14(17)18/h2-7H,8H2,1H3,(H,15,16)(H,17,18). The number of anilines is 1. The first-order valence-electron chi connectivity index (χ1n) is 5.82. The van der Waals surface area contributed by atoms with Crippen molar-refractivity contribution < 1.29 is 19.4 Å². The molecule has 0 bridgehead atoms. The van der Waals surface area contributed by atoms with Crippen LogP contribution in [0.25, 0.3) is 0 Å². The van der Waals surface area contributed by atoms with Crippen LogP contribution in [0.2, 0.25) is 0 Å². The molecular weight excluding hydrogens is 278 g/mol. The molecule has 20 heavy (non-hydrogen) atoms. The fraction of sp³-hybridized carbons (Fsp3) is 0.143. The van der Waals surface area contributed by atoms with Gasteiger partial charge in [-0.3, -0.25) is 4.79 Å². The molecule has 0 spiro atoms. The lowest BCUT2D eigenvalue weighted by atomic mass is 10.1. The molecule has 1 aromatic heterocycles. The summed E-state index contributed by atoms with van der Waals surface area (Å²) in [6.07, 6.45) is 0. The Balaban J connectivity index is 2.11. The molecule has 5 nitrogen and oxygen atoms in total. The van der Waals surface area contributed by atoms with Gasteiger partial charge in [0.15, 0.2) is 0 Å². The number of rotatable bonds is 5. The summed E-state index contributed by atoms with van der Waals surface area (Å²) in [6.45, 7) is 0.482. The second-order valence-electron chi connectivity index (χ2n) is 4.05. The average Bonchev–Trinajstić information content (AvgIpc) is 2.88. The number of thiophene rings is 1. The second kappa shape index (κ2) is 6.31. The number of benzene rings is 1. The highest BCUT2D eigenvalue weighted by Gasteiger charge is 2.14. The number of ether oxygens (including phenoxy) is 1. The summed E-state index contributed by atoms with van der Waals surface area (Å²) in [4.78, 5) is 23.1. The van der Waals surface area contributed by atoms with Gasteiger partial charge in [-0.2, -0.15) is 0 Å². The van der Waals surface area contributed by atoms with Gasteiger partial charge in [-0.05, 0) is 29.1 Å². The Kier molecular flexibility index (Phi) is 4.49. The lowest BCUT2D eigenvalue weighted by molar-refractivity contribution is 0.0703. The minimum atomic E-state index is -1.05. The highest BCUT2D eigenvalue weighted by molar-refractivity contribution is 7.12. The van der Waals surface area contributed by atoms with E-state index in [4.69, 9.17) is 9.84 Å². The van der Waals surface area contributed by atoms with Crippen molar-refractivity contribution in [2.45, 2.75) is 6.61 Å². The van der Waals surface area contributed by atoms with Crippen molar-refractivity contribution in [3.8, 4) is 0 Å². The highest BCUT2D eigenvalue weighted by atomic mass is 32.1. The van der Waals surface area contributed by atoms with Gasteiger partial charge in [-0.15, -0.1) is 11.3 Å². The summed E-state index contributed by atoms with van der Waals surface area (Å²) in [6, 6.07) is 8.52. The van der Waals surface area contributed by atoms with Gasteiger partial charge in [0, 0.05) is 12.7 Å². The van der Waals surface area contributed by atoms with Crippen molar-refractivity contribution in [3.05, 3.63) is 51.7 Å². The fourth-order valence-electron chi connectivity index (χ4n) is 1.69. The van der Waals surface area contributed by atoms with E-state index in [0.717, 1.165) is 16.9 Å². The van der Waals surface area contributed by atoms with Gasteiger partial charge in [0.25, 0.3) is 5.91 Å². The Morgan fingerprint density at radius 2 is 1.95 bits per heavy atom. The molecule has 6 heteroatoms. The minimum Gasteiger partial charge on any atom is -0.477 e. The number of aromatic carboxylic acids is 1. The molecule has 0 saturated heterocycles. The largest absolute Gasteiger partial charge is 0.477 e. The predicted molar refractivity (Wildman–Crippen MR) is 76.4 cm³/mol. The average molecular weight is 291 g/mol. The highest BCUT2D eigenvalue weighted by Crippen LogP contribution is 2.22. The molecule has 2 N–H and O–H groups in total. The van der Waals surface area contributed by atoms with E-state index >= 15 is 0 Å². The van der Waals surface area contributed by atoms with E-state index in [0.29, 0.717) is 17.9 Å². The lowest BCUT2D eigenvalue weighted by Gasteiger charge is -2.05. The smallest absolute Gasteiger partial charge is 0.348 e. The number of amides is 1. The molecule has 1 heterocycles. The van der Waals surface area contributed by atoms with Crippen molar-refractivity contribution in [1.82, 2.24) is 0 Å². The van der Waals surface area contributed by atoms with E-state index in [1.807, 2.05) is 0 Å². The van der Waals surface area contributed by atoms with Crippen LogP contribution in [0, 0.1) is 0 Å². The van der Waals surface area contributed by atoms with Gasteiger partial charge in [-0.1, -0.05) is 12.1 Å². The van der Waals surface area contributed by atoms with Crippen molar-refractivity contribution >= 4 is 28.9 Å². The van der Waals surface area contributed by atoms with Gasteiger partial charge in [0.05, 0.1) is 12.3 Å². The molecule has 0 fully saturated rings. The van der Waals surface area contributed by atoms with Gasteiger partial charge in [0.2, 0.25) is 0 Å². The molecule has 1 amide bonds.